The second kappa shape index (κ2) is 4.36. The minimum atomic E-state index is -1.11. The van der Waals surface area contributed by atoms with E-state index in [9.17, 15) is 9.59 Å². The predicted molar refractivity (Wildman–Crippen MR) is 46.9 cm³/mol. The number of nitrogens with zero attached hydrogens (tertiary/aromatic N) is 1. The maximum atomic E-state index is 10.9. The molecule has 74 valence electrons. The minimum absolute atomic E-state index is 0.0163. The van der Waals surface area contributed by atoms with Crippen molar-refractivity contribution in [3.8, 4) is 0 Å². The molecule has 0 atom stereocenters. The van der Waals surface area contributed by atoms with Gasteiger partial charge in [0.25, 0.3) is 0 Å². The van der Waals surface area contributed by atoms with E-state index in [4.69, 9.17) is 5.11 Å². The SMILES string of the molecule is COC(=O)Cc1cccc(C(=O)O)n1. The molecule has 5 heteroatoms. The molecule has 0 saturated carbocycles. The van der Waals surface area contributed by atoms with Crippen molar-refractivity contribution in [1.29, 1.82) is 0 Å². The van der Waals surface area contributed by atoms with Gasteiger partial charge in [-0.15, -0.1) is 0 Å². The quantitative estimate of drug-likeness (QED) is 0.710. The number of hydrogen-bond donors (Lipinski definition) is 1. The number of rotatable bonds is 3. The maximum Gasteiger partial charge on any atom is 0.354 e. The van der Waals surface area contributed by atoms with Crippen molar-refractivity contribution in [1.82, 2.24) is 4.98 Å². The molecular weight excluding hydrogens is 186 g/mol. The third-order valence-electron chi connectivity index (χ3n) is 1.58. The lowest BCUT2D eigenvalue weighted by Gasteiger charge is -1.99. The standard InChI is InChI=1S/C9H9NO4/c1-14-8(11)5-6-3-2-4-7(10-6)9(12)13/h2-4H,5H2,1H3,(H,12,13). The van der Waals surface area contributed by atoms with E-state index < -0.39 is 11.9 Å². The van der Waals surface area contributed by atoms with E-state index in [0.717, 1.165) is 0 Å². The van der Waals surface area contributed by atoms with Crippen LogP contribution in [0.1, 0.15) is 16.2 Å². The average Bonchev–Trinajstić information content (AvgIpc) is 2.18. The Hall–Kier alpha value is -1.91. The molecule has 0 amide bonds. The van der Waals surface area contributed by atoms with Crippen molar-refractivity contribution < 1.29 is 19.4 Å². The van der Waals surface area contributed by atoms with Gasteiger partial charge in [0.15, 0.2) is 0 Å². The number of aromatic nitrogens is 1. The van der Waals surface area contributed by atoms with Gasteiger partial charge in [-0.25, -0.2) is 9.78 Å². The third-order valence-corrected chi connectivity index (χ3v) is 1.58. The van der Waals surface area contributed by atoms with E-state index in [2.05, 4.69) is 9.72 Å². The van der Waals surface area contributed by atoms with Crippen LogP contribution in [0.3, 0.4) is 0 Å². The van der Waals surface area contributed by atoms with Crippen LogP contribution in [0.15, 0.2) is 18.2 Å². The van der Waals surface area contributed by atoms with Gasteiger partial charge in [-0.2, -0.15) is 0 Å². The highest BCUT2D eigenvalue weighted by molar-refractivity contribution is 5.85. The molecule has 1 rings (SSSR count). The van der Waals surface area contributed by atoms with Gasteiger partial charge < -0.3 is 9.84 Å². The lowest BCUT2D eigenvalue weighted by molar-refractivity contribution is -0.139. The molecule has 0 saturated heterocycles. The number of esters is 1. The molecular formula is C9H9NO4. The van der Waals surface area contributed by atoms with E-state index in [1.54, 1.807) is 6.07 Å². The van der Waals surface area contributed by atoms with Crippen LogP contribution in [-0.4, -0.2) is 29.1 Å². The van der Waals surface area contributed by atoms with Crippen molar-refractivity contribution in [3.63, 3.8) is 0 Å². The number of carboxylic acids is 1. The number of carbonyl (C=O) groups is 2. The van der Waals surface area contributed by atoms with Crippen LogP contribution < -0.4 is 0 Å². The first-order valence-corrected chi connectivity index (χ1v) is 3.89. The Bertz CT molecular complexity index is 362. The van der Waals surface area contributed by atoms with Crippen molar-refractivity contribution in [2.24, 2.45) is 0 Å². The highest BCUT2D eigenvalue weighted by Gasteiger charge is 2.08. The molecule has 1 aromatic heterocycles. The first-order valence-electron chi connectivity index (χ1n) is 3.89. The van der Waals surface area contributed by atoms with Gasteiger partial charge in [-0.1, -0.05) is 6.07 Å². The van der Waals surface area contributed by atoms with Gasteiger partial charge in [-0.05, 0) is 12.1 Å². The first-order chi connectivity index (χ1) is 6.63. The Kier molecular flexibility index (Phi) is 3.17. The second-order valence-electron chi connectivity index (χ2n) is 2.57. The van der Waals surface area contributed by atoms with Crippen LogP contribution in [-0.2, 0) is 16.0 Å². The van der Waals surface area contributed by atoms with Gasteiger partial charge in [0.2, 0.25) is 0 Å². The summed E-state index contributed by atoms with van der Waals surface area (Å²) in [6.07, 6.45) is -0.0163. The van der Waals surface area contributed by atoms with Crippen molar-refractivity contribution >= 4 is 11.9 Å². The van der Waals surface area contributed by atoms with E-state index in [1.165, 1.54) is 19.2 Å². The van der Waals surface area contributed by atoms with Crippen molar-refractivity contribution in [2.45, 2.75) is 6.42 Å². The lowest BCUT2D eigenvalue weighted by Crippen LogP contribution is -2.08. The van der Waals surface area contributed by atoms with Crippen LogP contribution >= 0.6 is 0 Å². The van der Waals surface area contributed by atoms with Crippen LogP contribution in [0.25, 0.3) is 0 Å². The summed E-state index contributed by atoms with van der Waals surface area (Å²) < 4.78 is 4.43. The van der Waals surface area contributed by atoms with E-state index in [-0.39, 0.29) is 12.1 Å². The maximum absolute atomic E-state index is 10.9. The Morgan fingerprint density at radius 1 is 1.50 bits per heavy atom. The Morgan fingerprint density at radius 3 is 2.79 bits per heavy atom. The molecule has 14 heavy (non-hydrogen) atoms. The third kappa shape index (κ3) is 2.55. The number of pyridine rings is 1. The molecule has 1 heterocycles. The van der Waals surface area contributed by atoms with Crippen molar-refractivity contribution in [2.75, 3.05) is 7.11 Å². The van der Waals surface area contributed by atoms with E-state index in [1.807, 2.05) is 0 Å². The summed E-state index contributed by atoms with van der Waals surface area (Å²) in [5.74, 6) is -1.56. The summed E-state index contributed by atoms with van der Waals surface area (Å²) in [7, 11) is 1.27. The molecule has 0 bridgehead atoms. The van der Waals surface area contributed by atoms with E-state index >= 15 is 0 Å². The first kappa shape index (κ1) is 10.2. The molecule has 0 unspecified atom stereocenters. The largest absolute Gasteiger partial charge is 0.477 e. The fourth-order valence-corrected chi connectivity index (χ4v) is 0.917. The molecule has 0 fully saturated rings. The summed E-state index contributed by atoms with van der Waals surface area (Å²) in [4.78, 5) is 25.1. The number of hydrogen-bond acceptors (Lipinski definition) is 4. The average molecular weight is 195 g/mol. The fraction of sp³-hybridized carbons (Fsp3) is 0.222. The molecule has 0 aliphatic carbocycles. The molecule has 1 aromatic rings. The van der Waals surface area contributed by atoms with Crippen LogP contribution in [0.4, 0.5) is 0 Å². The molecule has 0 aromatic carbocycles. The zero-order valence-corrected chi connectivity index (χ0v) is 7.56. The van der Waals surface area contributed by atoms with Gasteiger partial charge in [-0.3, -0.25) is 4.79 Å². The smallest absolute Gasteiger partial charge is 0.354 e. The molecule has 0 spiro atoms. The van der Waals surface area contributed by atoms with Crippen LogP contribution in [0.2, 0.25) is 0 Å². The number of ether oxygens (including phenoxy) is 1. The topological polar surface area (TPSA) is 76.5 Å². The minimum Gasteiger partial charge on any atom is -0.477 e. The fourth-order valence-electron chi connectivity index (χ4n) is 0.917. The number of methoxy groups -OCH3 is 1. The number of carbonyl (C=O) groups excluding carboxylic acids is 1. The zero-order valence-electron chi connectivity index (χ0n) is 7.56. The summed E-state index contributed by atoms with van der Waals surface area (Å²) in [6, 6.07) is 4.47. The second-order valence-corrected chi connectivity index (χ2v) is 2.57. The molecule has 0 aliphatic rings. The lowest BCUT2D eigenvalue weighted by atomic mass is 10.2. The summed E-state index contributed by atoms with van der Waals surface area (Å²) in [5.41, 5.74) is 0.308. The zero-order chi connectivity index (χ0) is 10.6. The summed E-state index contributed by atoms with van der Waals surface area (Å²) in [5, 5.41) is 8.62. The van der Waals surface area contributed by atoms with Crippen LogP contribution in [0, 0.1) is 0 Å². The van der Waals surface area contributed by atoms with Gasteiger partial charge in [0, 0.05) is 0 Å². The Labute approximate surface area is 80.3 Å². The van der Waals surface area contributed by atoms with Gasteiger partial charge in [0.05, 0.1) is 19.2 Å². The van der Waals surface area contributed by atoms with Crippen molar-refractivity contribution in [3.05, 3.63) is 29.6 Å². The van der Waals surface area contributed by atoms with Gasteiger partial charge in [0.1, 0.15) is 5.69 Å². The molecule has 1 N–H and O–H groups in total. The summed E-state index contributed by atoms with van der Waals surface area (Å²) in [6.45, 7) is 0. The van der Waals surface area contributed by atoms with E-state index in [0.29, 0.717) is 5.69 Å². The Balaban J connectivity index is 2.83. The molecule has 5 nitrogen and oxygen atoms in total. The highest BCUT2D eigenvalue weighted by Crippen LogP contribution is 2.01. The monoisotopic (exact) mass is 195 g/mol. The normalized spacial score (nSPS) is 9.50. The predicted octanol–water partition coefficient (Wildman–Crippen LogP) is 0.495. The number of carboxylic acid groups (broad SMARTS) is 1. The molecule has 0 aliphatic heterocycles. The number of aromatic carboxylic acids is 1. The highest BCUT2D eigenvalue weighted by atomic mass is 16.5. The van der Waals surface area contributed by atoms with Crippen LogP contribution in [0.5, 0.6) is 0 Å². The Morgan fingerprint density at radius 2 is 2.21 bits per heavy atom. The van der Waals surface area contributed by atoms with Gasteiger partial charge >= 0.3 is 11.9 Å². The molecule has 0 radical (unpaired) electrons. The summed E-state index contributed by atoms with van der Waals surface area (Å²) >= 11 is 0.